The Balaban J connectivity index is 0.980. The summed E-state index contributed by atoms with van der Waals surface area (Å²) >= 11 is -2.81. The fourth-order valence-corrected chi connectivity index (χ4v) is 8.53. The summed E-state index contributed by atoms with van der Waals surface area (Å²) in [5, 5.41) is 1.53. The van der Waals surface area contributed by atoms with Crippen LogP contribution in [0.5, 0.6) is 0 Å². The summed E-state index contributed by atoms with van der Waals surface area (Å²) in [5.74, 6) is -3.01. The van der Waals surface area contributed by atoms with Gasteiger partial charge in [0.2, 0.25) is 5.78 Å². The molecule has 2 aromatic heterocycles. The first-order valence-electron chi connectivity index (χ1n) is 19.1. The number of piperidine rings is 1. The number of aromatic amines is 1. The van der Waals surface area contributed by atoms with Crippen molar-refractivity contribution < 1.29 is 36.3 Å². The van der Waals surface area contributed by atoms with Crippen LogP contribution < -0.4 is 9.31 Å². The summed E-state index contributed by atoms with van der Waals surface area (Å²) in [6.45, 7) is 12.3. The number of alkyl halides is 1. The van der Waals surface area contributed by atoms with Gasteiger partial charge in [-0.1, -0.05) is 12.1 Å². The molecule has 0 aliphatic carbocycles. The number of hydrogen-bond acceptors (Lipinski definition) is 9. The third kappa shape index (κ3) is 8.94. The molecule has 56 heavy (non-hydrogen) atoms. The Morgan fingerprint density at radius 3 is 2.30 bits per heavy atom. The fourth-order valence-electron chi connectivity index (χ4n) is 7.87. The van der Waals surface area contributed by atoms with Crippen LogP contribution in [0.25, 0.3) is 22.2 Å². The molecule has 0 radical (unpaired) electrons. The molecule has 0 spiro atoms. The number of hydrogen-bond donors (Lipinski definition) is 2. The highest BCUT2D eigenvalue weighted by Crippen LogP contribution is 2.33. The minimum absolute atomic E-state index is 0.0202. The van der Waals surface area contributed by atoms with Crippen molar-refractivity contribution in [2.24, 2.45) is 5.92 Å². The molecule has 0 bridgehead atoms. The number of pyridine rings is 1. The number of halogens is 3. The summed E-state index contributed by atoms with van der Waals surface area (Å²) in [5.41, 5.74) is 1.10. The van der Waals surface area contributed by atoms with Gasteiger partial charge >= 0.3 is 5.97 Å². The number of ether oxygens (including phenoxy) is 1. The zero-order chi connectivity index (χ0) is 39.7. The van der Waals surface area contributed by atoms with Crippen LogP contribution in [0, 0.1) is 17.6 Å². The Morgan fingerprint density at radius 2 is 1.66 bits per heavy atom. The number of carbonyl (C=O) groups is 2. The minimum Gasteiger partial charge on any atom is -0.459 e. The number of carbonyl (C=O) groups excluding carboxylic acids is 2. The van der Waals surface area contributed by atoms with Gasteiger partial charge in [-0.3, -0.25) is 19.0 Å². The number of benzene rings is 2. The van der Waals surface area contributed by atoms with Gasteiger partial charge in [0.15, 0.2) is 5.82 Å². The van der Waals surface area contributed by atoms with Gasteiger partial charge in [-0.2, -0.15) is 4.41 Å². The number of nitrogens with zero attached hydrogens (tertiary/aromatic N) is 6. The number of rotatable bonds is 11. The summed E-state index contributed by atoms with van der Waals surface area (Å²) in [6, 6.07) is 11.7. The molecule has 2 atom stereocenters. The summed E-state index contributed by atoms with van der Waals surface area (Å²) in [4.78, 5) is 40.5. The predicted octanol–water partition coefficient (Wildman–Crippen LogP) is 5.82. The second kappa shape index (κ2) is 16.6. The van der Waals surface area contributed by atoms with E-state index in [1.165, 1.54) is 11.2 Å². The molecule has 2 aromatic carbocycles. The quantitative estimate of drug-likeness (QED) is 0.109. The Bertz CT molecular complexity index is 2080. The van der Waals surface area contributed by atoms with E-state index in [1.807, 2.05) is 32.9 Å². The fraction of sp³-hybridized carbons (Fsp3) is 0.475. The Labute approximate surface area is 327 Å². The molecule has 4 aromatic rings. The molecule has 2 N–H and O–H groups in total. The summed E-state index contributed by atoms with van der Waals surface area (Å²) < 4.78 is 73.4. The molecule has 3 saturated heterocycles. The maximum absolute atomic E-state index is 16.0. The lowest BCUT2D eigenvalue weighted by Gasteiger charge is -2.39. The number of hydrazine groups is 1. The van der Waals surface area contributed by atoms with Crippen molar-refractivity contribution in [2.45, 2.75) is 51.8 Å². The zero-order valence-electron chi connectivity index (χ0n) is 31.8. The largest absolute Gasteiger partial charge is 0.459 e. The van der Waals surface area contributed by atoms with Gasteiger partial charge in [-0.05, 0) is 81.8 Å². The highest BCUT2D eigenvalue weighted by atomic mass is 32.2. The van der Waals surface area contributed by atoms with E-state index in [0.29, 0.717) is 33.5 Å². The van der Waals surface area contributed by atoms with Gasteiger partial charge in [0, 0.05) is 87.0 Å². The number of aromatic nitrogens is 2. The van der Waals surface area contributed by atoms with Crippen LogP contribution in [0.2, 0.25) is 0 Å². The van der Waals surface area contributed by atoms with Gasteiger partial charge < -0.3 is 19.5 Å². The van der Waals surface area contributed by atoms with E-state index >= 15 is 8.78 Å². The van der Waals surface area contributed by atoms with E-state index in [-0.39, 0.29) is 31.0 Å². The molecule has 3 fully saturated rings. The van der Waals surface area contributed by atoms with Crippen LogP contribution in [0.1, 0.15) is 56.0 Å². The minimum atomic E-state index is -2.81. The van der Waals surface area contributed by atoms with E-state index in [0.717, 1.165) is 82.0 Å². The SMILES string of the molecule is CC(C)(C)OC(=O)CN1CCN(CC2CCN(c3ccc(-c4cnc5[nH]cc(C(=O)c6c(F)ccc(N(N7CC[C@@H](F)C7)S(=O)O)c6F)c5c4)cc3)CC2)CC1. The first kappa shape index (κ1) is 39.9. The van der Waals surface area contributed by atoms with Crippen LogP contribution >= 0.6 is 0 Å². The third-order valence-electron chi connectivity index (χ3n) is 10.7. The summed E-state index contributed by atoms with van der Waals surface area (Å²) in [7, 11) is 0. The number of piperazine rings is 1. The highest BCUT2D eigenvalue weighted by molar-refractivity contribution is 7.80. The van der Waals surface area contributed by atoms with Crippen molar-refractivity contribution >= 4 is 45.4 Å². The van der Waals surface area contributed by atoms with E-state index < -0.39 is 51.7 Å². The smallest absolute Gasteiger partial charge is 0.320 e. The van der Waals surface area contributed by atoms with Crippen LogP contribution in [0.3, 0.4) is 0 Å². The van der Waals surface area contributed by atoms with Crippen molar-refractivity contribution in [1.82, 2.24) is 24.8 Å². The van der Waals surface area contributed by atoms with Crippen molar-refractivity contribution in [3.8, 4) is 11.1 Å². The molecule has 7 rings (SSSR count). The summed E-state index contributed by atoms with van der Waals surface area (Å²) in [6.07, 6.45) is 3.97. The predicted molar refractivity (Wildman–Crippen MR) is 209 cm³/mol. The van der Waals surface area contributed by atoms with Crippen molar-refractivity contribution in [2.75, 3.05) is 74.8 Å². The number of anilines is 2. The average molecular weight is 796 g/mol. The number of esters is 1. The molecule has 3 aliphatic heterocycles. The molecule has 12 nitrogen and oxygen atoms in total. The van der Waals surface area contributed by atoms with E-state index in [9.17, 15) is 22.7 Å². The van der Waals surface area contributed by atoms with Gasteiger partial charge in [0.05, 0.1) is 18.7 Å². The lowest BCUT2D eigenvalue weighted by Crippen LogP contribution is -2.50. The number of fused-ring (bicyclic) bond motifs is 1. The average Bonchev–Trinajstić information content (AvgIpc) is 3.78. The Hall–Kier alpha value is -4.35. The van der Waals surface area contributed by atoms with Gasteiger partial charge in [-0.25, -0.2) is 27.4 Å². The number of ketones is 1. The van der Waals surface area contributed by atoms with E-state index in [2.05, 4.69) is 36.8 Å². The van der Waals surface area contributed by atoms with E-state index in [4.69, 9.17) is 4.74 Å². The molecule has 0 saturated carbocycles. The Kier molecular flexibility index (Phi) is 11.8. The van der Waals surface area contributed by atoms with Crippen molar-refractivity contribution in [1.29, 1.82) is 0 Å². The molecule has 0 amide bonds. The van der Waals surface area contributed by atoms with Crippen LogP contribution in [0.15, 0.2) is 54.9 Å². The van der Waals surface area contributed by atoms with E-state index in [1.54, 1.807) is 12.3 Å². The third-order valence-corrected chi connectivity index (χ3v) is 11.5. The molecule has 300 valence electrons. The van der Waals surface area contributed by atoms with Crippen molar-refractivity contribution in [3.63, 3.8) is 0 Å². The normalized spacial score (nSPS) is 19.8. The topological polar surface area (TPSA) is 126 Å². The first-order valence-corrected chi connectivity index (χ1v) is 20.1. The maximum Gasteiger partial charge on any atom is 0.320 e. The molecule has 16 heteroatoms. The molecule has 5 heterocycles. The van der Waals surface area contributed by atoms with Crippen LogP contribution in [-0.4, -0.2) is 123 Å². The second-order valence-electron chi connectivity index (χ2n) is 15.8. The molecule has 3 aliphatic rings. The van der Waals surface area contributed by atoms with Crippen molar-refractivity contribution in [3.05, 3.63) is 77.6 Å². The van der Waals surface area contributed by atoms with Gasteiger partial charge in [0.1, 0.15) is 28.9 Å². The highest BCUT2D eigenvalue weighted by Gasteiger charge is 2.34. The van der Waals surface area contributed by atoms with Crippen LogP contribution in [-0.2, 0) is 20.8 Å². The molecular weight excluding hydrogens is 748 g/mol. The van der Waals surface area contributed by atoms with Crippen LogP contribution in [0.4, 0.5) is 24.5 Å². The molecular formula is C40H48F3N7O5S. The number of nitrogens with one attached hydrogen (secondary N) is 1. The lowest BCUT2D eigenvalue weighted by molar-refractivity contribution is -0.156. The van der Waals surface area contributed by atoms with Gasteiger partial charge in [-0.15, -0.1) is 0 Å². The first-order chi connectivity index (χ1) is 26.7. The zero-order valence-corrected chi connectivity index (χ0v) is 32.7. The maximum atomic E-state index is 16.0. The monoisotopic (exact) mass is 795 g/mol. The second-order valence-corrected chi connectivity index (χ2v) is 16.7. The lowest BCUT2D eigenvalue weighted by atomic mass is 9.95. The standard InChI is InChI=1S/C40H48F3N7O5S/c1-40(2,3)55-35(51)25-47-18-16-46(17-19-47)23-26-10-13-48(14-11-26)30-6-4-27(5-7-30)28-20-31-32(22-45-39(31)44-21-28)38(52)36-33(42)8-9-34(37(36)43)50(56(53)54)49-15-12-29(41)24-49/h4-9,20-22,26,29H,10-19,23-25H2,1-3H3,(H,44,45)(H,53,54)/t29-/m1/s1. The molecule has 1 unspecified atom stereocenters. The number of H-pyrrole nitrogens is 1. The van der Waals surface area contributed by atoms with Gasteiger partial charge in [0.25, 0.3) is 11.3 Å². The Morgan fingerprint density at radius 1 is 0.964 bits per heavy atom.